The molecule has 0 radical (unpaired) electrons. The van der Waals surface area contributed by atoms with Gasteiger partial charge in [0.15, 0.2) is 0 Å². The fraction of sp³-hybridized carbons (Fsp3) is 0.529. The largest absolute Gasteiger partial charge is 0.490 e. The summed E-state index contributed by atoms with van der Waals surface area (Å²) in [6.07, 6.45) is -2.78. The fourth-order valence-corrected chi connectivity index (χ4v) is 3.43. The third-order valence-electron chi connectivity index (χ3n) is 4.16. The first-order valence-corrected chi connectivity index (χ1v) is 9.51. The highest BCUT2D eigenvalue weighted by atomic mass is 32.1. The molecule has 160 valence electrons. The second-order valence-corrected chi connectivity index (χ2v) is 7.81. The van der Waals surface area contributed by atoms with Crippen molar-refractivity contribution in [1.82, 2.24) is 24.6 Å². The lowest BCUT2D eigenvalue weighted by Gasteiger charge is -2.33. The van der Waals surface area contributed by atoms with E-state index in [9.17, 15) is 18.0 Å². The first-order chi connectivity index (χ1) is 13.5. The molecule has 0 bridgehead atoms. The lowest BCUT2D eigenvalue weighted by Crippen LogP contribution is -2.39. The van der Waals surface area contributed by atoms with Crippen LogP contribution in [0.1, 0.15) is 28.9 Å². The maximum absolute atomic E-state index is 12.1. The normalized spacial score (nSPS) is 16.6. The molecule has 1 N–H and O–H groups in total. The summed E-state index contributed by atoms with van der Waals surface area (Å²) >= 11 is 1.68. The van der Waals surface area contributed by atoms with Gasteiger partial charge in [0.2, 0.25) is 5.91 Å². The average Bonchev–Trinajstić information content (AvgIpc) is 3.23. The topological polar surface area (TPSA) is 91.6 Å². The Bertz CT molecular complexity index is 849. The number of fused-ring (bicyclic) bond motifs is 1. The Balaban J connectivity index is 0.000000370. The molecule has 8 nitrogen and oxygen atoms in total. The van der Waals surface area contributed by atoms with E-state index < -0.39 is 12.1 Å². The number of halogens is 3. The Labute approximate surface area is 169 Å². The van der Waals surface area contributed by atoms with Gasteiger partial charge in [-0.1, -0.05) is 0 Å². The summed E-state index contributed by atoms with van der Waals surface area (Å²) < 4.78 is 33.7. The molecule has 3 rings (SSSR count). The molecule has 0 saturated heterocycles. The number of rotatable bonds is 4. The summed E-state index contributed by atoms with van der Waals surface area (Å²) in [6, 6.07) is 2.12. The van der Waals surface area contributed by atoms with Crippen molar-refractivity contribution in [3.05, 3.63) is 34.0 Å². The van der Waals surface area contributed by atoms with Gasteiger partial charge in [0, 0.05) is 45.3 Å². The van der Waals surface area contributed by atoms with E-state index in [-0.39, 0.29) is 11.9 Å². The van der Waals surface area contributed by atoms with E-state index >= 15 is 0 Å². The highest BCUT2D eigenvalue weighted by Gasteiger charge is 2.38. The number of hydrogen-bond donors (Lipinski definition) is 1. The van der Waals surface area contributed by atoms with E-state index in [1.165, 1.54) is 0 Å². The van der Waals surface area contributed by atoms with E-state index in [0.29, 0.717) is 6.42 Å². The van der Waals surface area contributed by atoms with Gasteiger partial charge in [0.05, 0.1) is 28.9 Å². The minimum Gasteiger partial charge on any atom is -0.475 e. The number of hydrogen-bond acceptors (Lipinski definition) is 6. The van der Waals surface area contributed by atoms with Crippen LogP contribution in [0.4, 0.5) is 13.2 Å². The molecule has 2 aromatic heterocycles. The van der Waals surface area contributed by atoms with E-state index in [1.54, 1.807) is 30.3 Å². The molecule has 1 aliphatic heterocycles. The van der Waals surface area contributed by atoms with Gasteiger partial charge in [-0.15, -0.1) is 11.3 Å². The maximum Gasteiger partial charge on any atom is 0.490 e. The van der Waals surface area contributed by atoms with E-state index in [2.05, 4.69) is 20.4 Å². The van der Waals surface area contributed by atoms with Crippen LogP contribution < -0.4 is 0 Å². The Morgan fingerprint density at radius 3 is 2.55 bits per heavy atom. The first kappa shape index (κ1) is 22.8. The molecular formula is C17H22F3N5O3S. The highest BCUT2D eigenvalue weighted by Crippen LogP contribution is 2.25. The SMILES string of the molecule is Cc1nc(CN2Cc3ccnn3C(CC(=O)N(C)C)C2)cs1.O=C(O)C(F)(F)F. The van der Waals surface area contributed by atoms with Crippen LogP contribution in [0.2, 0.25) is 0 Å². The number of carbonyl (C=O) groups is 2. The van der Waals surface area contributed by atoms with Gasteiger partial charge in [-0.05, 0) is 13.0 Å². The quantitative estimate of drug-likeness (QED) is 0.796. The fourth-order valence-electron chi connectivity index (χ4n) is 2.83. The minimum atomic E-state index is -5.08. The number of carboxylic acids is 1. The van der Waals surface area contributed by atoms with Crippen LogP contribution in [0.5, 0.6) is 0 Å². The molecule has 0 aromatic carbocycles. The van der Waals surface area contributed by atoms with E-state index in [0.717, 1.165) is 36.0 Å². The van der Waals surface area contributed by atoms with Crippen molar-refractivity contribution in [3.8, 4) is 0 Å². The number of aryl methyl sites for hydroxylation is 1. The zero-order valence-corrected chi connectivity index (χ0v) is 17.0. The molecule has 2 aromatic rings. The summed E-state index contributed by atoms with van der Waals surface area (Å²) in [6.45, 7) is 4.52. The van der Waals surface area contributed by atoms with Gasteiger partial charge in [-0.2, -0.15) is 18.3 Å². The molecule has 1 amide bonds. The smallest absolute Gasteiger partial charge is 0.475 e. The summed E-state index contributed by atoms with van der Waals surface area (Å²) in [5.41, 5.74) is 2.27. The van der Waals surface area contributed by atoms with Crippen LogP contribution in [0.3, 0.4) is 0 Å². The average molecular weight is 433 g/mol. The van der Waals surface area contributed by atoms with Crippen LogP contribution in [0.25, 0.3) is 0 Å². The number of aliphatic carboxylic acids is 1. The Morgan fingerprint density at radius 1 is 1.38 bits per heavy atom. The van der Waals surface area contributed by atoms with Crippen molar-refractivity contribution < 1.29 is 27.9 Å². The first-order valence-electron chi connectivity index (χ1n) is 8.63. The van der Waals surface area contributed by atoms with Crippen LogP contribution in [0, 0.1) is 6.92 Å². The second-order valence-electron chi connectivity index (χ2n) is 6.74. The molecular weight excluding hydrogens is 411 g/mol. The third kappa shape index (κ3) is 6.53. The van der Waals surface area contributed by atoms with Crippen molar-refractivity contribution in [2.75, 3.05) is 20.6 Å². The molecule has 0 spiro atoms. The zero-order valence-electron chi connectivity index (χ0n) is 16.2. The summed E-state index contributed by atoms with van der Waals surface area (Å²) in [4.78, 5) is 29.5. The van der Waals surface area contributed by atoms with Crippen molar-refractivity contribution in [2.45, 2.75) is 38.7 Å². The number of amides is 1. The molecule has 12 heteroatoms. The lowest BCUT2D eigenvalue weighted by atomic mass is 10.1. The van der Waals surface area contributed by atoms with Crippen LogP contribution >= 0.6 is 11.3 Å². The number of thiazole rings is 1. The Kier molecular flexibility index (Phi) is 7.36. The predicted octanol–water partition coefficient (Wildman–Crippen LogP) is 2.32. The molecule has 29 heavy (non-hydrogen) atoms. The molecule has 0 fully saturated rings. The lowest BCUT2D eigenvalue weighted by molar-refractivity contribution is -0.192. The third-order valence-corrected chi connectivity index (χ3v) is 4.98. The molecule has 1 aliphatic rings. The van der Waals surface area contributed by atoms with Gasteiger partial charge >= 0.3 is 12.1 Å². The predicted molar refractivity (Wildman–Crippen MR) is 99.2 cm³/mol. The standard InChI is InChI=1S/C15H21N5OS.C2HF3O2/c1-11-17-12(10-22-11)7-19-8-13-4-5-16-20(13)14(9-19)6-15(21)18(2)3;3-2(4,5)1(6)7/h4-5,10,14H,6-9H2,1-3H3;(H,6,7). The molecule has 1 atom stereocenters. The van der Waals surface area contributed by atoms with Crippen molar-refractivity contribution in [2.24, 2.45) is 0 Å². The number of alkyl halides is 3. The van der Waals surface area contributed by atoms with Crippen molar-refractivity contribution >= 4 is 23.2 Å². The number of carbonyl (C=O) groups excluding carboxylic acids is 1. The molecule has 0 aliphatic carbocycles. The van der Waals surface area contributed by atoms with Crippen molar-refractivity contribution in [3.63, 3.8) is 0 Å². The van der Waals surface area contributed by atoms with Gasteiger partial charge in [-0.3, -0.25) is 14.4 Å². The second kappa shape index (κ2) is 9.35. The van der Waals surface area contributed by atoms with E-state index in [4.69, 9.17) is 9.90 Å². The van der Waals surface area contributed by atoms with Crippen LogP contribution in [-0.4, -0.2) is 68.4 Å². The van der Waals surface area contributed by atoms with Crippen LogP contribution in [-0.2, 0) is 22.7 Å². The zero-order chi connectivity index (χ0) is 21.8. The van der Waals surface area contributed by atoms with Gasteiger partial charge < -0.3 is 10.0 Å². The summed E-state index contributed by atoms with van der Waals surface area (Å²) in [5.74, 6) is -2.62. The van der Waals surface area contributed by atoms with Crippen LogP contribution in [0.15, 0.2) is 17.6 Å². The van der Waals surface area contributed by atoms with Crippen molar-refractivity contribution in [1.29, 1.82) is 0 Å². The number of aromatic nitrogens is 3. The molecule has 1 unspecified atom stereocenters. The Morgan fingerprint density at radius 2 is 2.03 bits per heavy atom. The Hall–Kier alpha value is -2.47. The molecule has 0 saturated carbocycles. The maximum atomic E-state index is 12.1. The molecule has 3 heterocycles. The van der Waals surface area contributed by atoms with Gasteiger partial charge in [0.1, 0.15) is 0 Å². The number of nitrogens with zero attached hydrogens (tertiary/aromatic N) is 5. The minimum absolute atomic E-state index is 0.0911. The van der Waals surface area contributed by atoms with E-state index in [1.807, 2.05) is 23.9 Å². The highest BCUT2D eigenvalue weighted by molar-refractivity contribution is 7.09. The van der Waals surface area contributed by atoms with Gasteiger partial charge in [0.25, 0.3) is 0 Å². The van der Waals surface area contributed by atoms with Gasteiger partial charge in [-0.25, -0.2) is 9.78 Å². The summed E-state index contributed by atoms with van der Waals surface area (Å²) in [5, 5.41) is 14.7. The monoisotopic (exact) mass is 433 g/mol. The number of carboxylic acid groups (broad SMARTS) is 1. The summed E-state index contributed by atoms with van der Waals surface area (Å²) in [7, 11) is 3.59.